The van der Waals surface area contributed by atoms with E-state index in [4.69, 9.17) is 0 Å². The maximum absolute atomic E-state index is 14.2. The zero-order valence-corrected chi connectivity index (χ0v) is 15.0. The first kappa shape index (κ1) is 19.0. The van der Waals surface area contributed by atoms with Gasteiger partial charge in [-0.3, -0.25) is 9.59 Å². The summed E-state index contributed by atoms with van der Waals surface area (Å²) in [5.41, 5.74) is 0.883. The van der Waals surface area contributed by atoms with Crippen LogP contribution in [0.25, 0.3) is 0 Å². The third-order valence-corrected chi connectivity index (χ3v) is 4.72. The first-order valence-corrected chi connectivity index (χ1v) is 9.08. The minimum atomic E-state index is -3.59. The summed E-state index contributed by atoms with van der Waals surface area (Å²) in [6.45, 7) is 1.51. The Kier molecular flexibility index (Phi) is 5.84. The van der Waals surface area contributed by atoms with Gasteiger partial charge in [-0.05, 0) is 37.0 Å². The molecule has 6 heteroatoms. The van der Waals surface area contributed by atoms with Gasteiger partial charge in [-0.1, -0.05) is 42.5 Å². The van der Waals surface area contributed by atoms with Gasteiger partial charge in [0.2, 0.25) is 0 Å². The maximum Gasteiger partial charge on any atom is 0.349 e. The number of likely N-dealkylation sites (tertiary alicyclic amines) is 1. The Morgan fingerprint density at radius 3 is 2.19 bits per heavy atom. The second kappa shape index (κ2) is 8.29. The normalized spacial score (nSPS) is 14.7. The van der Waals surface area contributed by atoms with Crippen LogP contribution in [0.2, 0.25) is 0 Å². The van der Waals surface area contributed by atoms with Crippen molar-refractivity contribution in [2.24, 2.45) is 0 Å². The Hall–Kier alpha value is -2.76. The molecule has 27 heavy (non-hydrogen) atoms. The molecule has 2 aromatic carbocycles. The largest absolute Gasteiger partial charge is 0.349 e. The highest BCUT2D eigenvalue weighted by atomic mass is 19.3. The Morgan fingerprint density at radius 1 is 0.926 bits per heavy atom. The van der Waals surface area contributed by atoms with Crippen molar-refractivity contribution in [3.63, 3.8) is 0 Å². The summed E-state index contributed by atoms with van der Waals surface area (Å²) in [5, 5.41) is 2.27. The second-order valence-electron chi connectivity index (χ2n) is 6.67. The van der Waals surface area contributed by atoms with Crippen LogP contribution < -0.4 is 5.32 Å². The van der Waals surface area contributed by atoms with E-state index in [2.05, 4.69) is 5.32 Å². The standard InChI is InChI=1S/C21H22F2N2O2/c22-21(23,18-7-3-1-4-8-18)20(27)24-15-16-9-11-17(12-10-16)19(26)25-13-5-2-6-14-25/h1,3-4,7-12H,2,5-6,13-15H2,(H,24,27). The van der Waals surface area contributed by atoms with Crippen molar-refractivity contribution < 1.29 is 18.4 Å². The fourth-order valence-corrected chi connectivity index (χ4v) is 3.12. The Morgan fingerprint density at radius 2 is 1.56 bits per heavy atom. The number of alkyl halides is 2. The highest BCUT2D eigenvalue weighted by Gasteiger charge is 2.40. The SMILES string of the molecule is O=C(c1ccc(CNC(=O)C(F)(F)c2ccccc2)cc1)N1CCCCC1. The number of hydrogen-bond donors (Lipinski definition) is 1. The fourth-order valence-electron chi connectivity index (χ4n) is 3.12. The first-order chi connectivity index (χ1) is 13.0. The number of nitrogens with zero attached hydrogens (tertiary/aromatic N) is 1. The number of nitrogens with one attached hydrogen (secondary N) is 1. The number of rotatable bonds is 5. The average molecular weight is 372 g/mol. The molecule has 1 aliphatic heterocycles. The molecule has 1 fully saturated rings. The van der Waals surface area contributed by atoms with Crippen molar-refractivity contribution in [2.75, 3.05) is 13.1 Å². The fraction of sp³-hybridized carbons (Fsp3) is 0.333. The van der Waals surface area contributed by atoms with Gasteiger partial charge in [-0.25, -0.2) is 0 Å². The molecule has 0 aromatic heterocycles. The lowest BCUT2D eigenvalue weighted by atomic mass is 10.1. The lowest BCUT2D eigenvalue weighted by Gasteiger charge is -2.26. The summed E-state index contributed by atoms with van der Waals surface area (Å²) in [6.07, 6.45) is 3.19. The molecule has 1 aliphatic rings. The molecule has 142 valence electrons. The molecular weight excluding hydrogens is 350 g/mol. The van der Waals surface area contributed by atoms with Crippen molar-refractivity contribution >= 4 is 11.8 Å². The lowest BCUT2D eigenvalue weighted by Crippen LogP contribution is -2.37. The Bertz CT molecular complexity index is 786. The van der Waals surface area contributed by atoms with Gasteiger partial charge in [0.15, 0.2) is 0 Å². The van der Waals surface area contributed by atoms with E-state index in [1.54, 1.807) is 30.3 Å². The van der Waals surface area contributed by atoms with Crippen LogP contribution in [-0.2, 0) is 17.3 Å². The van der Waals surface area contributed by atoms with Crippen LogP contribution in [0, 0.1) is 0 Å². The van der Waals surface area contributed by atoms with Gasteiger partial charge >= 0.3 is 5.92 Å². The van der Waals surface area contributed by atoms with E-state index in [0.717, 1.165) is 32.4 Å². The summed E-state index contributed by atoms with van der Waals surface area (Å²) in [4.78, 5) is 26.2. The Balaban J connectivity index is 1.58. The number of carbonyl (C=O) groups excluding carboxylic acids is 2. The molecule has 0 atom stereocenters. The van der Waals surface area contributed by atoms with Gasteiger partial charge < -0.3 is 10.2 Å². The van der Waals surface area contributed by atoms with E-state index < -0.39 is 11.8 Å². The third-order valence-electron chi connectivity index (χ3n) is 4.72. The summed E-state index contributed by atoms with van der Waals surface area (Å²) < 4.78 is 28.3. The molecule has 2 amide bonds. The number of carbonyl (C=O) groups is 2. The van der Waals surface area contributed by atoms with Crippen LogP contribution in [-0.4, -0.2) is 29.8 Å². The van der Waals surface area contributed by atoms with Crippen LogP contribution in [0.5, 0.6) is 0 Å². The monoisotopic (exact) mass is 372 g/mol. The topological polar surface area (TPSA) is 49.4 Å². The van der Waals surface area contributed by atoms with Crippen LogP contribution in [0.15, 0.2) is 54.6 Å². The molecule has 0 saturated carbocycles. The minimum absolute atomic E-state index is 0.0131. The number of amides is 2. The molecular formula is C21H22F2N2O2. The number of benzene rings is 2. The molecule has 4 nitrogen and oxygen atoms in total. The molecule has 0 bridgehead atoms. The van der Waals surface area contributed by atoms with Crippen molar-refractivity contribution in [3.8, 4) is 0 Å². The van der Waals surface area contributed by atoms with E-state index in [1.165, 1.54) is 24.3 Å². The molecule has 1 heterocycles. The summed E-state index contributed by atoms with van der Waals surface area (Å²) in [7, 11) is 0. The molecule has 1 N–H and O–H groups in total. The minimum Gasteiger partial charge on any atom is -0.346 e. The summed E-state index contributed by atoms with van der Waals surface area (Å²) in [5.74, 6) is -4.95. The van der Waals surface area contributed by atoms with Gasteiger partial charge in [0.05, 0.1) is 0 Å². The number of hydrogen-bond acceptors (Lipinski definition) is 2. The van der Waals surface area contributed by atoms with E-state index in [-0.39, 0.29) is 18.0 Å². The molecule has 2 aromatic rings. The van der Waals surface area contributed by atoms with Crippen molar-refractivity contribution in [2.45, 2.75) is 31.7 Å². The van der Waals surface area contributed by atoms with E-state index in [0.29, 0.717) is 11.1 Å². The molecule has 1 saturated heterocycles. The predicted molar refractivity (Wildman–Crippen MR) is 98.4 cm³/mol. The van der Waals surface area contributed by atoms with Gasteiger partial charge in [0.25, 0.3) is 11.8 Å². The van der Waals surface area contributed by atoms with Gasteiger partial charge in [0.1, 0.15) is 0 Å². The second-order valence-corrected chi connectivity index (χ2v) is 6.67. The third kappa shape index (κ3) is 4.51. The van der Waals surface area contributed by atoms with Crippen molar-refractivity contribution in [3.05, 3.63) is 71.3 Å². The molecule has 0 radical (unpaired) electrons. The van der Waals surface area contributed by atoms with Crippen LogP contribution in [0.3, 0.4) is 0 Å². The smallest absolute Gasteiger partial charge is 0.346 e. The molecule has 3 rings (SSSR count). The molecule has 0 aliphatic carbocycles. The summed E-state index contributed by atoms with van der Waals surface area (Å²) in [6, 6.07) is 13.7. The van der Waals surface area contributed by atoms with E-state index >= 15 is 0 Å². The predicted octanol–water partition coefficient (Wildman–Crippen LogP) is 3.72. The zero-order valence-electron chi connectivity index (χ0n) is 15.0. The van der Waals surface area contributed by atoms with Gasteiger partial charge in [0, 0.05) is 30.8 Å². The highest BCUT2D eigenvalue weighted by Crippen LogP contribution is 2.27. The van der Waals surface area contributed by atoms with Crippen LogP contribution in [0.4, 0.5) is 8.78 Å². The Labute approximate surface area is 157 Å². The van der Waals surface area contributed by atoms with Crippen molar-refractivity contribution in [1.29, 1.82) is 0 Å². The molecule has 0 unspecified atom stereocenters. The van der Waals surface area contributed by atoms with E-state index in [9.17, 15) is 18.4 Å². The van der Waals surface area contributed by atoms with E-state index in [1.807, 2.05) is 4.90 Å². The number of piperidine rings is 1. The first-order valence-electron chi connectivity index (χ1n) is 9.08. The van der Waals surface area contributed by atoms with Crippen LogP contribution in [0.1, 0.15) is 40.7 Å². The lowest BCUT2D eigenvalue weighted by molar-refractivity contribution is -0.147. The maximum atomic E-state index is 14.2. The molecule has 0 spiro atoms. The number of halogens is 2. The zero-order chi connectivity index (χ0) is 19.3. The quantitative estimate of drug-likeness (QED) is 0.870. The van der Waals surface area contributed by atoms with Gasteiger partial charge in [-0.2, -0.15) is 8.78 Å². The highest BCUT2D eigenvalue weighted by molar-refractivity contribution is 5.94. The average Bonchev–Trinajstić information content (AvgIpc) is 2.73. The van der Waals surface area contributed by atoms with Gasteiger partial charge in [-0.15, -0.1) is 0 Å². The summed E-state index contributed by atoms with van der Waals surface area (Å²) >= 11 is 0. The van der Waals surface area contributed by atoms with Crippen LogP contribution >= 0.6 is 0 Å². The van der Waals surface area contributed by atoms with Crippen molar-refractivity contribution in [1.82, 2.24) is 10.2 Å².